The van der Waals surface area contributed by atoms with Crippen molar-refractivity contribution in [3.8, 4) is 5.75 Å². The number of aromatic nitrogens is 1. The van der Waals surface area contributed by atoms with Crippen LogP contribution in [0.2, 0.25) is 0 Å². The van der Waals surface area contributed by atoms with Gasteiger partial charge in [-0.2, -0.15) is 5.10 Å². The minimum absolute atomic E-state index is 0.155. The van der Waals surface area contributed by atoms with Gasteiger partial charge in [0.15, 0.2) is 6.61 Å². The molecule has 0 saturated carbocycles. The van der Waals surface area contributed by atoms with E-state index in [1.807, 2.05) is 24.4 Å². The molecule has 0 aliphatic rings. The van der Waals surface area contributed by atoms with Crippen molar-refractivity contribution in [2.24, 2.45) is 5.10 Å². The Morgan fingerprint density at radius 3 is 3.05 bits per heavy atom. The Morgan fingerprint density at radius 1 is 1.55 bits per heavy atom. The van der Waals surface area contributed by atoms with Gasteiger partial charge in [0.2, 0.25) is 5.13 Å². The molecule has 1 N–H and O–H groups in total. The van der Waals surface area contributed by atoms with Crippen molar-refractivity contribution < 1.29 is 14.3 Å². The van der Waals surface area contributed by atoms with Crippen molar-refractivity contribution in [1.82, 2.24) is 4.98 Å². The van der Waals surface area contributed by atoms with E-state index in [2.05, 4.69) is 36.2 Å². The number of benzene rings is 1. The van der Waals surface area contributed by atoms with Crippen LogP contribution in [0.25, 0.3) is 0 Å². The highest BCUT2D eigenvalue weighted by atomic mass is 79.9. The molecule has 0 spiro atoms. The SMILES string of the molecule is COC(=O)COc1ccc(Br)cc1C=NNc1nc(C)cs1. The summed E-state index contributed by atoms with van der Waals surface area (Å²) in [6, 6.07) is 5.41. The molecule has 1 heterocycles. The van der Waals surface area contributed by atoms with Gasteiger partial charge in [-0.1, -0.05) is 15.9 Å². The second-order valence-electron chi connectivity index (χ2n) is 4.21. The molecule has 0 saturated heterocycles. The molecule has 0 aliphatic heterocycles. The molecule has 0 radical (unpaired) electrons. The second-order valence-corrected chi connectivity index (χ2v) is 5.98. The normalized spacial score (nSPS) is 10.7. The number of hydrogen-bond acceptors (Lipinski definition) is 7. The fraction of sp³-hybridized carbons (Fsp3) is 0.214. The van der Waals surface area contributed by atoms with Crippen LogP contribution in [0.4, 0.5) is 5.13 Å². The highest BCUT2D eigenvalue weighted by molar-refractivity contribution is 9.10. The molecule has 0 amide bonds. The Bertz CT molecular complexity index is 688. The maximum atomic E-state index is 11.2. The first kappa shape index (κ1) is 16.4. The van der Waals surface area contributed by atoms with E-state index in [-0.39, 0.29) is 6.61 Å². The third kappa shape index (κ3) is 4.81. The summed E-state index contributed by atoms with van der Waals surface area (Å²) in [7, 11) is 1.32. The van der Waals surface area contributed by atoms with Crippen LogP contribution in [0, 0.1) is 6.92 Å². The zero-order valence-electron chi connectivity index (χ0n) is 12.0. The molecule has 0 bridgehead atoms. The first-order chi connectivity index (χ1) is 10.6. The highest BCUT2D eigenvalue weighted by Gasteiger charge is 2.06. The number of hydrazone groups is 1. The van der Waals surface area contributed by atoms with E-state index in [4.69, 9.17) is 4.74 Å². The van der Waals surface area contributed by atoms with E-state index in [0.717, 1.165) is 15.7 Å². The molecule has 2 rings (SSSR count). The molecule has 0 aliphatic carbocycles. The number of methoxy groups -OCH3 is 1. The molecule has 0 unspecified atom stereocenters. The smallest absolute Gasteiger partial charge is 0.343 e. The lowest BCUT2D eigenvalue weighted by Crippen LogP contribution is -2.13. The van der Waals surface area contributed by atoms with Gasteiger partial charge in [-0.25, -0.2) is 9.78 Å². The number of ether oxygens (including phenoxy) is 2. The fourth-order valence-electron chi connectivity index (χ4n) is 1.51. The monoisotopic (exact) mass is 383 g/mol. The summed E-state index contributed by atoms with van der Waals surface area (Å²) in [5.41, 5.74) is 4.51. The van der Waals surface area contributed by atoms with Crippen LogP contribution < -0.4 is 10.2 Å². The highest BCUT2D eigenvalue weighted by Crippen LogP contribution is 2.22. The molecule has 1 aromatic heterocycles. The molecule has 2 aromatic rings. The summed E-state index contributed by atoms with van der Waals surface area (Å²) < 4.78 is 10.9. The average molecular weight is 384 g/mol. The summed E-state index contributed by atoms with van der Waals surface area (Å²) in [4.78, 5) is 15.4. The van der Waals surface area contributed by atoms with Crippen LogP contribution in [0.15, 0.2) is 33.2 Å². The Labute approximate surface area is 140 Å². The van der Waals surface area contributed by atoms with E-state index in [9.17, 15) is 4.79 Å². The third-order valence-corrected chi connectivity index (χ3v) is 3.89. The van der Waals surface area contributed by atoms with Gasteiger partial charge < -0.3 is 9.47 Å². The van der Waals surface area contributed by atoms with E-state index in [1.165, 1.54) is 18.4 Å². The summed E-state index contributed by atoms with van der Waals surface area (Å²) >= 11 is 4.86. The predicted molar refractivity (Wildman–Crippen MR) is 89.7 cm³/mol. The first-order valence-corrected chi connectivity index (χ1v) is 7.96. The average Bonchev–Trinajstić information content (AvgIpc) is 2.91. The van der Waals surface area contributed by atoms with Gasteiger partial charge in [0.25, 0.3) is 0 Å². The molecule has 22 heavy (non-hydrogen) atoms. The minimum atomic E-state index is -0.442. The zero-order chi connectivity index (χ0) is 15.9. The lowest BCUT2D eigenvalue weighted by molar-refractivity contribution is -0.142. The predicted octanol–water partition coefficient (Wildman–Crippen LogP) is 3.21. The van der Waals surface area contributed by atoms with Crippen LogP contribution in [-0.4, -0.2) is 30.9 Å². The Hall–Kier alpha value is -1.93. The van der Waals surface area contributed by atoms with Crippen molar-refractivity contribution in [2.75, 3.05) is 19.1 Å². The van der Waals surface area contributed by atoms with Gasteiger partial charge in [0.1, 0.15) is 5.75 Å². The van der Waals surface area contributed by atoms with Gasteiger partial charge in [-0.3, -0.25) is 5.43 Å². The Balaban J connectivity index is 2.07. The Kier molecular flexibility index (Phi) is 5.91. The number of anilines is 1. The van der Waals surface area contributed by atoms with Crippen LogP contribution in [0.5, 0.6) is 5.75 Å². The fourth-order valence-corrected chi connectivity index (χ4v) is 2.53. The second kappa shape index (κ2) is 7.90. The number of hydrogen-bond donors (Lipinski definition) is 1. The molecular weight excluding hydrogens is 370 g/mol. The summed E-state index contributed by atoms with van der Waals surface area (Å²) in [6.07, 6.45) is 1.61. The van der Waals surface area contributed by atoms with Crippen molar-refractivity contribution in [3.63, 3.8) is 0 Å². The zero-order valence-corrected chi connectivity index (χ0v) is 14.4. The number of halogens is 1. The number of carbonyl (C=O) groups is 1. The topological polar surface area (TPSA) is 72.8 Å². The van der Waals surface area contributed by atoms with Crippen molar-refractivity contribution >= 4 is 44.6 Å². The lowest BCUT2D eigenvalue weighted by atomic mass is 10.2. The molecular formula is C14H14BrN3O3S. The molecule has 1 aromatic carbocycles. The third-order valence-electron chi connectivity index (χ3n) is 2.53. The van der Waals surface area contributed by atoms with Crippen molar-refractivity contribution in [2.45, 2.75) is 6.92 Å². The van der Waals surface area contributed by atoms with E-state index in [1.54, 1.807) is 12.3 Å². The number of esters is 1. The molecule has 0 fully saturated rings. The lowest BCUT2D eigenvalue weighted by Gasteiger charge is -2.08. The molecule has 116 valence electrons. The number of nitrogens with zero attached hydrogens (tertiary/aromatic N) is 2. The standard InChI is InChI=1S/C14H14BrN3O3S/c1-9-8-22-14(17-9)18-16-6-10-5-11(15)3-4-12(10)21-7-13(19)20-2/h3-6,8H,7H2,1-2H3,(H,17,18). The van der Waals surface area contributed by atoms with Gasteiger partial charge in [0, 0.05) is 15.4 Å². The number of rotatable bonds is 6. The quantitative estimate of drug-likeness (QED) is 0.470. The first-order valence-electron chi connectivity index (χ1n) is 6.29. The van der Waals surface area contributed by atoms with Gasteiger partial charge >= 0.3 is 5.97 Å². The number of aryl methyl sites for hydroxylation is 1. The van der Waals surface area contributed by atoms with Crippen molar-refractivity contribution in [1.29, 1.82) is 0 Å². The van der Waals surface area contributed by atoms with E-state index < -0.39 is 5.97 Å². The summed E-state index contributed by atoms with van der Waals surface area (Å²) in [6.45, 7) is 1.76. The maximum absolute atomic E-state index is 11.2. The number of thiazole rings is 1. The van der Waals surface area contributed by atoms with Crippen molar-refractivity contribution in [3.05, 3.63) is 39.3 Å². The minimum Gasteiger partial charge on any atom is -0.481 e. The maximum Gasteiger partial charge on any atom is 0.343 e. The largest absolute Gasteiger partial charge is 0.481 e. The van der Waals surface area contributed by atoms with Gasteiger partial charge in [0.05, 0.1) is 19.0 Å². The number of nitrogens with one attached hydrogen (secondary N) is 1. The number of carbonyl (C=O) groups excluding carboxylic acids is 1. The van der Waals surface area contributed by atoms with E-state index >= 15 is 0 Å². The summed E-state index contributed by atoms with van der Waals surface area (Å²) in [5, 5.41) is 6.77. The van der Waals surface area contributed by atoms with Crippen LogP contribution in [0.3, 0.4) is 0 Å². The van der Waals surface area contributed by atoms with Gasteiger partial charge in [-0.15, -0.1) is 11.3 Å². The molecule has 6 nitrogen and oxygen atoms in total. The Morgan fingerprint density at radius 2 is 2.36 bits per heavy atom. The van der Waals surface area contributed by atoms with Gasteiger partial charge in [-0.05, 0) is 25.1 Å². The van der Waals surface area contributed by atoms with Crippen LogP contribution >= 0.6 is 27.3 Å². The summed E-state index contributed by atoms with van der Waals surface area (Å²) in [5.74, 6) is 0.0941. The molecule has 8 heteroatoms. The van der Waals surface area contributed by atoms with Crippen LogP contribution in [-0.2, 0) is 9.53 Å². The molecule has 0 atom stereocenters. The van der Waals surface area contributed by atoms with Crippen LogP contribution in [0.1, 0.15) is 11.3 Å². The van der Waals surface area contributed by atoms with E-state index in [0.29, 0.717) is 10.9 Å².